The van der Waals surface area contributed by atoms with E-state index in [1.165, 1.54) is 12.1 Å². The van der Waals surface area contributed by atoms with E-state index >= 15 is 0 Å². The molecule has 1 aliphatic heterocycles. The molecule has 114 valence electrons. The molecule has 21 heavy (non-hydrogen) atoms. The van der Waals surface area contributed by atoms with E-state index in [1.54, 1.807) is 31.2 Å². The SMILES string of the molecule is CC1CCCC=CCC(S(=O)(=O)c2ccccc2)C(=O)O1. The Hall–Kier alpha value is -1.62. The normalized spacial score (nSPS) is 24.3. The molecular formula is C16H20O4S. The summed E-state index contributed by atoms with van der Waals surface area (Å²) in [6.07, 6.45) is 6.16. The fourth-order valence-corrected chi connectivity index (χ4v) is 3.86. The number of ether oxygens (including phenoxy) is 1. The van der Waals surface area contributed by atoms with Crippen molar-refractivity contribution in [3.8, 4) is 0 Å². The van der Waals surface area contributed by atoms with Gasteiger partial charge in [0.1, 0.15) is 0 Å². The van der Waals surface area contributed by atoms with Gasteiger partial charge >= 0.3 is 5.97 Å². The highest BCUT2D eigenvalue weighted by molar-refractivity contribution is 7.92. The second kappa shape index (κ2) is 6.89. The number of hydrogen-bond acceptors (Lipinski definition) is 4. The smallest absolute Gasteiger partial charge is 0.325 e. The third-order valence-electron chi connectivity index (χ3n) is 3.52. The second-order valence-electron chi connectivity index (χ2n) is 5.23. The van der Waals surface area contributed by atoms with Crippen molar-refractivity contribution in [3.05, 3.63) is 42.5 Å². The fraction of sp³-hybridized carbons (Fsp3) is 0.438. The van der Waals surface area contributed by atoms with Gasteiger partial charge in [-0.2, -0.15) is 0 Å². The molecule has 5 heteroatoms. The van der Waals surface area contributed by atoms with E-state index in [0.717, 1.165) is 19.3 Å². The van der Waals surface area contributed by atoms with Crippen LogP contribution in [0.2, 0.25) is 0 Å². The number of carbonyl (C=O) groups is 1. The van der Waals surface area contributed by atoms with Crippen molar-refractivity contribution < 1.29 is 17.9 Å². The molecule has 0 fully saturated rings. The first-order valence-electron chi connectivity index (χ1n) is 7.16. The van der Waals surface area contributed by atoms with Crippen LogP contribution in [0.4, 0.5) is 0 Å². The molecule has 2 atom stereocenters. The predicted molar refractivity (Wildman–Crippen MR) is 80.6 cm³/mol. The Labute approximate surface area is 125 Å². The number of cyclic esters (lactones) is 1. The van der Waals surface area contributed by atoms with Crippen LogP contribution in [0, 0.1) is 0 Å². The molecule has 0 aromatic heterocycles. The largest absolute Gasteiger partial charge is 0.462 e. The van der Waals surface area contributed by atoms with E-state index < -0.39 is 21.1 Å². The lowest BCUT2D eigenvalue weighted by molar-refractivity contribution is -0.148. The van der Waals surface area contributed by atoms with Crippen LogP contribution < -0.4 is 0 Å². The third-order valence-corrected chi connectivity index (χ3v) is 5.59. The molecule has 0 N–H and O–H groups in total. The first-order chi connectivity index (χ1) is 10.0. The van der Waals surface area contributed by atoms with Crippen LogP contribution in [-0.2, 0) is 19.4 Å². The molecule has 0 saturated carbocycles. The summed E-state index contributed by atoms with van der Waals surface area (Å²) < 4.78 is 30.6. The van der Waals surface area contributed by atoms with E-state index in [2.05, 4.69) is 0 Å². The average molecular weight is 308 g/mol. The average Bonchev–Trinajstić information content (AvgIpc) is 2.46. The number of allylic oxidation sites excluding steroid dienone is 2. The summed E-state index contributed by atoms with van der Waals surface area (Å²) in [4.78, 5) is 12.4. The first kappa shape index (κ1) is 15.8. The Morgan fingerprint density at radius 1 is 1.14 bits per heavy atom. The quantitative estimate of drug-likeness (QED) is 0.622. The fourth-order valence-electron chi connectivity index (χ4n) is 2.32. The molecule has 0 amide bonds. The van der Waals surface area contributed by atoms with Crippen LogP contribution in [0.1, 0.15) is 32.6 Å². The zero-order valence-electron chi connectivity index (χ0n) is 12.1. The van der Waals surface area contributed by atoms with Gasteiger partial charge in [-0.3, -0.25) is 4.79 Å². The van der Waals surface area contributed by atoms with Crippen LogP contribution in [0.15, 0.2) is 47.4 Å². The summed E-state index contributed by atoms with van der Waals surface area (Å²) >= 11 is 0. The van der Waals surface area contributed by atoms with Crippen LogP contribution in [0.3, 0.4) is 0 Å². The molecule has 1 aliphatic rings. The van der Waals surface area contributed by atoms with Gasteiger partial charge in [0.05, 0.1) is 11.0 Å². The number of hydrogen-bond donors (Lipinski definition) is 0. The van der Waals surface area contributed by atoms with E-state index in [-0.39, 0.29) is 17.4 Å². The van der Waals surface area contributed by atoms with Gasteiger partial charge in [0.15, 0.2) is 15.1 Å². The molecule has 1 aromatic rings. The lowest BCUT2D eigenvalue weighted by Crippen LogP contribution is -2.34. The van der Waals surface area contributed by atoms with Crippen molar-refractivity contribution in [2.45, 2.75) is 48.9 Å². The minimum Gasteiger partial charge on any atom is -0.462 e. The summed E-state index contributed by atoms with van der Waals surface area (Å²) in [5.41, 5.74) is 0. The minimum absolute atomic E-state index is 0.156. The Morgan fingerprint density at radius 2 is 1.86 bits per heavy atom. The maximum Gasteiger partial charge on any atom is 0.325 e. The lowest BCUT2D eigenvalue weighted by atomic mass is 10.1. The summed E-state index contributed by atoms with van der Waals surface area (Å²) in [5, 5.41) is -1.17. The van der Waals surface area contributed by atoms with Gasteiger partial charge in [-0.25, -0.2) is 8.42 Å². The van der Waals surface area contributed by atoms with Gasteiger partial charge in [-0.15, -0.1) is 0 Å². The highest BCUT2D eigenvalue weighted by Gasteiger charge is 2.35. The van der Waals surface area contributed by atoms with E-state index in [9.17, 15) is 13.2 Å². The van der Waals surface area contributed by atoms with Gasteiger partial charge < -0.3 is 4.74 Å². The Kier molecular flexibility index (Phi) is 5.17. The van der Waals surface area contributed by atoms with Crippen LogP contribution in [-0.4, -0.2) is 25.7 Å². The van der Waals surface area contributed by atoms with Gasteiger partial charge in [0.2, 0.25) is 0 Å². The monoisotopic (exact) mass is 308 g/mol. The standard InChI is InChI=1S/C16H20O4S/c1-13-9-5-2-3-8-12-15(16(17)20-13)21(18,19)14-10-6-4-7-11-14/h3-4,6-8,10-11,13,15H,2,5,9,12H2,1H3. The summed E-state index contributed by atoms with van der Waals surface area (Å²) in [5.74, 6) is -0.655. The molecule has 0 spiro atoms. The Bertz CT molecular complexity index is 604. The summed E-state index contributed by atoms with van der Waals surface area (Å²) in [6, 6.07) is 8.06. The number of rotatable bonds is 2. The zero-order valence-corrected chi connectivity index (χ0v) is 12.9. The van der Waals surface area contributed by atoms with Gasteiger partial charge in [0.25, 0.3) is 0 Å². The molecule has 1 aromatic carbocycles. The van der Waals surface area contributed by atoms with E-state index in [0.29, 0.717) is 0 Å². The third kappa shape index (κ3) is 3.94. The molecule has 0 aliphatic carbocycles. The van der Waals surface area contributed by atoms with E-state index in [4.69, 9.17) is 4.74 Å². The van der Waals surface area contributed by atoms with Crippen molar-refractivity contribution in [2.75, 3.05) is 0 Å². The topological polar surface area (TPSA) is 60.4 Å². The molecule has 2 rings (SSSR count). The summed E-state index contributed by atoms with van der Waals surface area (Å²) in [7, 11) is -3.73. The van der Waals surface area contributed by atoms with Crippen LogP contribution in [0.5, 0.6) is 0 Å². The minimum atomic E-state index is -3.73. The van der Waals surface area contributed by atoms with E-state index in [1.807, 2.05) is 6.08 Å². The highest BCUT2D eigenvalue weighted by atomic mass is 32.2. The van der Waals surface area contributed by atoms with Crippen molar-refractivity contribution in [3.63, 3.8) is 0 Å². The number of sulfone groups is 1. The van der Waals surface area contributed by atoms with Crippen molar-refractivity contribution in [1.82, 2.24) is 0 Å². The molecule has 0 radical (unpaired) electrons. The molecule has 1 heterocycles. The number of carbonyl (C=O) groups excluding carboxylic acids is 1. The van der Waals surface area contributed by atoms with Gasteiger partial charge in [0, 0.05) is 0 Å². The maximum atomic E-state index is 12.6. The van der Waals surface area contributed by atoms with Crippen molar-refractivity contribution in [2.24, 2.45) is 0 Å². The summed E-state index contributed by atoms with van der Waals surface area (Å²) in [6.45, 7) is 1.80. The Morgan fingerprint density at radius 3 is 2.57 bits per heavy atom. The lowest BCUT2D eigenvalue weighted by Gasteiger charge is -2.20. The molecular weight excluding hydrogens is 288 g/mol. The number of benzene rings is 1. The first-order valence-corrected chi connectivity index (χ1v) is 8.71. The van der Waals surface area contributed by atoms with Gasteiger partial charge in [-0.05, 0) is 44.7 Å². The van der Waals surface area contributed by atoms with Crippen molar-refractivity contribution >= 4 is 15.8 Å². The Balaban J connectivity index is 2.33. The van der Waals surface area contributed by atoms with Crippen molar-refractivity contribution in [1.29, 1.82) is 0 Å². The molecule has 4 nitrogen and oxygen atoms in total. The molecule has 2 unspecified atom stereocenters. The highest BCUT2D eigenvalue weighted by Crippen LogP contribution is 2.22. The predicted octanol–water partition coefficient (Wildman–Crippen LogP) is 2.89. The maximum absolute atomic E-state index is 12.6. The number of esters is 1. The molecule has 0 saturated heterocycles. The van der Waals surface area contributed by atoms with Gasteiger partial charge in [-0.1, -0.05) is 30.4 Å². The zero-order chi connectivity index (χ0) is 15.3. The second-order valence-corrected chi connectivity index (χ2v) is 7.36. The van der Waals surface area contributed by atoms with Crippen LogP contribution >= 0.6 is 0 Å². The molecule has 0 bridgehead atoms. The van der Waals surface area contributed by atoms with Crippen LogP contribution in [0.25, 0.3) is 0 Å².